The third-order valence-corrected chi connectivity index (χ3v) is 7.13. The number of carbonyl (C=O) groups excluding carboxylic acids is 2. The van der Waals surface area contributed by atoms with Gasteiger partial charge in [-0.15, -0.1) is 0 Å². The van der Waals surface area contributed by atoms with Gasteiger partial charge in [-0.25, -0.2) is 8.42 Å². The van der Waals surface area contributed by atoms with Crippen molar-refractivity contribution in [2.24, 2.45) is 0 Å². The van der Waals surface area contributed by atoms with Crippen molar-refractivity contribution >= 4 is 33.5 Å². The van der Waals surface area contributed by atoms with Gasteiger partial charge in [0, 0.05) is 24.7 Å². The Bertz CT molecular complexity index is 806. The molecule has 27 heavy (non-hydrogen) atoms. The first-order valence-corrected chi connectivity index (χ1v) is 10.9. The average molecular weight is 415 g/mol. The molecule has 3 rings (SSSR count). The number of esters is 1. The predicted octanol–water partition coefficient (Wildman–Crippen LogP) is 2.05. The minimum absolute atomic E-state index is 0.0767. The number of carbonyl (C=O) groups is 2. The molecule has 2 fully saturated rings. The Labute approximate surface area is 164 Å². The monoisotopic (exact) mass is 414 g/mol. The molecule has 7 nitrogen and oxygen atoms in total. The molecular weight excluding hydrogens is 392 g/mol. The summed E-state index contributed by atoms with van der Waals surface area (Å²) < 4.78 is 32.3. The highest BCUT2D eigenvalue weighted by atomic mass is 35.5. The van der Waals surface area contributed by atoms with Crippen LogP contribution in [0.5, 0.6) is 0 Å². The number of amides is 1. The van der Waals surface area contributed by atoms with Gasteiger partial charge < -0.3 is 9.64 Å². The lowest BCUT2D eigenvalue weighted by molar-refractivity contribution is -0.161. The van der Waals surface area contributed by atoms with Crippen molar-refractivity contribution in [2.75, 3.05) is 19.6 Å². The van der Waals surface area contributed by atoms with E-state index >= 15 is 0 Å². The van der Waals surface area contributed by atoms with Gasteiger partial charge in [0.25, 0.3) is 5.91 Å². The van der Waals surface area contributed by atoms with Gasteiger partial charge >= 0.3 is 5.97 Å². The molecule has 0 radical (unpaired) electrons. The maximum absolute atomic E-state index is 12.9. The molecule has 0 aliphatic carbocycles. The molecule has 0 unspecified atom stereocenters. The molecule has 9 heteroatoms. The summed E-state index contributed by atoms with van der Waals surface area (Å²) in [6.07, 6.45) is 1.90. The van der Waals surface area contributed by atoms with E-state index < -0.39 is 28.1 Å². The van der Waals surface area contributed by atoms with Crippen molar-refractivity contribution in [3.05, 3.63) is 29.3 Å². The van der Waals surface area contributed by atoms with Gasteiger partial charge in [0.05, 0.1) is 4.90 Å². The van der Waals surface area contributed by atoms with Gasteiger partial charge in [-0.1, -0.05) is 11.6 Å². The Kier molecular flexibility index (Phi) is 6.08. The molecule has 0 bridgehead atoms. The number of ether oxygens (including phenoxy) is 1. The first-order valence-electron chi connectivity index (χ1n) is 9.07. The maximum Gasteiger partial charge on any atom is 0.325 e. The Balaban J connectivity index is 1.70. The van der Waals surface area contributed by atoms with Crippen LogP contribution < -0.4 is 0 Å². The molecule has 1 aromatic carbocycles. The zero-order valence-corrected chi connectivity index (χ0v) is 16.7. The van der Waals surface area contributed by atoms with Crippen molar-refractivity contribution in [1.82, 2.24) is 9.21 Å². The number of halogens is 1. The van der Waals surface area contributed by atoms with Crippen LogP contribution in [0.15, 0.2) is 29.2 Å². The number of hydrogen-bond acceptors (Lipinski definition) is 5. The Morgan fingerprint density at radius 3 is 2.37 bits per heavy atom. The van der Waals surface area contributed by atoms with Gasteiger partial charge in [0.15, 0.2) is 6.10 Å². The molecule has 2 atom stereocenters. The fraction of sp³-hybridized carbons (Fsp3) is 0.556. The third-order valence-electron chi connectivity index (χ3n) is 4.95. The molecule has 148 valence electrons. The molecule has 0 N–H and O–H groups in total. The van der Waals surface area contributed by atoms with E-state index in [9.17, 15) is 18.0 Å². The lowest BCUT2D eigenvalue weighted by Crippen LogP contribution is -2.45. The van der Waals surface area contributed by atoms with Crippen molar-refractivity contribution in [3.63, 3.8) is 0 Å². The molecule has 1 amide bonds. The zero-order valence-electron chi connectivity index (χ0n) is 15.1. The second kappa shape index (κ2) is 8.16. The number of rotatable bonds is 5. The van der Waals surface area contributed by atoms with Crippen LogP contribution in [0.3, 0.4) is 0 Å². The first kappa shape index (κ1) is 20.1. The van der Waals surface area contributed by atoms with Crippen LogP contribution in [-0.2, 0) is 24.3 Å². The molecule has 1 aromatic rings. The standard InChI is InChI=1S/C18H23ClN2O5S/c1-13(17(22)20-10-2-3-11-20)26-18(23)16-5-4-12-21(16)27(24,25)15-8-6-14(19)7-9-15/h6-9,13,16H,2-5,10-12H2,1H3/t13-,16+/m1/s1. The van der Waals surface area contributed by atoms with Gasteiger partial charge in [-0.2, -0.15) is 4.31 Å². The summed E-state index contributed by atoms with van der Waals surface area (Å²) in [5.41, 5.74) is 0. The molecule has 0 spiro atoms. The summed E-state index contributed by atoms with van der Waals surface area (Å²) in [5, 5.41) is 0.431. The third kappa shape index (κ3) is 4.28. The number of likely N-dealkylation sites (tertiary alicyclic amines) is 1. The zero-order chi connectivity index (χ0) is 19.6. The smallest absolute Gasteiger partial charge is 0.325 e. The van der Waals surface area contributed by atoms with Crippen LogP contribution in [0.1, 0.15) is 32.6 Å². The molecule has 2 aliphatic heterocycles. The fourth-order valence-corrected chi connectivity index (χ4v) is 5.28. The Morgan fingerprint density at radius 1 is 1.11 bits per heavy atom. The summed E-state index contributed by atoms with van der Waals surface area (Å²) >= 11 is 5.82. The number of nitrogens with zero attached hydrogens (tertiary/aromatic N) is 2. The number of hydrogen-bond donors (Lipinski definition) is 0. The van der Waals surface area contributed by atoms with E-state index in [0.717, 1.165) is 17.1 Å². The SMILES string of the molecule is C[C@@H](OC(=O)[C@@H]1CCCN1S(=O)(=O)c1ccc(Cl)cc1)C(=O)N1CCCC1. The van der Waals surface area contributed by atoms with Gasteiger partial charge in [-0.3, -0.25) is 9.59 Å². The molecular formula is C18H23ClN2O5S. The van der Waals surface area contributed by atoms with E-state index in [2.05, 4.69) is 0 Å². The van der Waals surface area contributed by atoms with Crippen LogP contribution in [0.2, 0.25) is 5.02 Å². The topological polar surface area (TPSA) is 84.0 Å². The molecule has 0 aromatic heterocycles. The van der Waals surface area contributed by atoms with E-state index in [1.165, 1.54) is 31.2 Å². The summed E-state index contributed by atoms with van der Waals surface area (Å²) in [6.45, 7) is 3.10. The predicted molar refractivity (Wildman–Crippen MR) is 99.7 cm³/mol. The van der Waals surface area contributed by atoms with Crippen molar-refractivity contribution in [1.29, 1.82) is 0 Å². The quantitative estimate of drug-likeness (QED) is 0.688. The van der Waals surface area contributed by atoms with E-state index in [1.54, 1.807) is 4.90 Å². The van der Waals surface area contributed by atoms with Crippen molar-refractivity contribution < 1.29 is 22.7 Å². The summed E-state index contributed by atoms with van der Waals surface area (Å²) in [5.74, 6) is -0.906. The minimum atomic E-state index is -3.84. The Hall–Kier alpha value is -1.64. The fourth-order valence-electron chi connectivity index (χ4n) is 3.50. The highest BCUT2D eigenvalue weighted by molar-refractivity contribution is 7.89. The number of benzene rings is 1. The highest BCUT2D eigenvalue weighted by Gasteiger charge is 2.41. The summed E-state index contributed by atoms with van der Waals surface area (Å²) in [6, 6.07) is 4.90. The molecule has 2 heterocycles. The van der Waals surface area contributed by atoms with Crippen LogP contribution in [0, 0.1) is 0 Å². The van der Waals surface area contributed by atoms with Crippen molar-refractivity contribution in [2.45, 2.75) is 49.6 Å². The lowest BCUT2D eigenvalue weighted by Gasteiger charge is -2.25. The van der Waals surface area contributed by atoms with E-state index in [1.807, 2.05) is 0 Å². The average Bonchev–Trinajstić information content (AvgIpc) is 3.33. The minimum Gasteiger partial charge on any atom is -0.451 e. The second-order valence-corrected chi connectivity index (χ2v) is 9.17. The summed E-state index contributed by atoms with van der Waals surface area (Å²) in [4.78, 5) is 26.7. The van der Waals surface area contributed by atoms with E-state index in [0.29, 0.717) is 31.0 Å². The van der Waals surface area contributed by atoms with Crippen LogP contribution in [0.25, 0.3) is 0 Å². The van der Waals surface area contributed by atoms with E-state index in [4.69, 9.17) is 16.3 Å². The normalized spacial score (nSPS) is 22.0. The molecule has 2 aliphatic rings. The molecule has 0 saturated carbocycles. The van der Waals surface area contributed by atoms with Crippen LogP contribution in [-0.4, -0.2) is 61.3 Å². The maximum atomic E-state index is 12.9. The largest absolute Gasteiger partial charge is 0.451 e. The Morgan fingerprint density at radius 2 is 1.74 bits per heavy atom. The van der Waals surface area contributed by atoms with Gasteiger partial charge in [-0.05, 0) is 56.9 Å². The van der Waals surface area contributed by atoms with Gasteiger partial charge in [0.1, 0.15) is 6.04 Å². The second-order valence-electron chi connectivity index (χ2n) is 6.84. The highest BCUT2D eigenvalue weighted by Crippen LogP contribution is 2.28. The first-order chi connectivity index (χ1) is 12.8. The summed E-state index contributed by atoms with van der Waals surface area (Å²) in [7, 11) is -3.84. The van der Waals surface area contributed by atoms with Crippen LogP contribution in [0.4, 0.5) is 0 Å². The van der Waals surface area contributed by atoms with Gasteiger partial charge in [0.2, 0.25) is 10.0 Å². The van der Waals surface area contributed by atoms with Crippen LogP contribution >= 0.6 is 11.6 Å². The van der Waals surface area contributed by atoms with Crippen molar-refractivity contribution in [3.8, 4) is 0 Å². The molecule has 2 saturated heterocycles. The lowest BCUT2D eigenvalue weighted by atomic mass is 10.2. The van der Waals surface area contributed by atoms with E-state index in [-0.39, 0.29) is 17.3 Å². The number of sulfonamides is 1.